The maximum Gasteiger partial charge on any atom is 0.291 e. The summed E-state index contributed by atoms with van der Waals surface area (Å²) in [5.74, 6) is -1.63. The Labute approximate surface area is 145 Å². The lowest BCUT2D eigenvalue weighted by molar-refractivity contribution is -0.231. The number of nitrogens with zero attached hydrogens (tertiary/aromatic N) is 1. The average Bonchev–Trinajstić information content (AvgIpc) is 2.67. The third-order valence-corrected chi connectivity index (χ3v) is 4.40. The van der Waals surface area contributed by atoms with Gasteiger partial charge in [-0.05, 0) is 24.3 Å². The largest absolute Gasteiger partial charge is 0.497 e. The van der Waals surface area contributed by atoms with Gasteiger partial charge in [-0.3, -0.25) is 14.5 Å². The van der Waals surface area contributed by atoms with E-state index in [0.29, 0.717) is 17.0 Å². The number of ether oxygens (including phenoxy) is 3. The summed E-state index contributed by atoms with van der Waals surface area (Å²) in [5.41, 5.74) is 1.06. The number of rotatable bonds is 6. The number of carbonyl (C=O) groups is 2. The van der Waals surface area contributed by atoms with Crippen LogP contribution in [-0.4, -0.2) is 44.8 Å². The molecule has 3 rings (SSSR count). The molecule has 1 saturated heterocycles. The summed E-state index contributed by atoms with van der Waals surface area (Å²) in [5, 5.41) is 0. The van der Waals surface area contributed by atoms with Crippen LogP contribution in [-0.2, 0) is 14.3 Å². The first-order valence-electron chi connectivity index (χ1n) is 7.76. The van der Waals surface area contributed by atoms with Gasteiger partial charge in [0, 0.05) is 25.5 Å². The molecule has 1 atom stereocenters. The van der Waals surface area contributed by atoms with Crippen molar-refractivity contribution >= 4 is 17.4 Å². The number of benzene rings is 2. The minimum atomic E-state index is -1.62. The monoisotopic (exact) mass is 341 g/mol. The van der Waals surface area contributed by atoms with Crippen molar-refractivity contribution in [2.75, 3.05) is 26.2 Å². The maximum atomic E-state index is 13.0. The molecule has 2 aromatic rings. The number of Topliss-reactive ketones (excluding diaryl/α,β-unsaturated/α-hetero) is 1. The van der Waals surface area contributed by atoms with Crippen molar-refractivity contribution in [3.05, 3.63) is 60.2 Å². The van der Waals surface area contributed by atoms with Crippen molar-refractivity contribution in [2.45, 2.75) is 11.8 Å². The Morgan fingerprint density at radius 2 is 1.56 bits per heavy atom. The van der Waals surface area contributed by atoms with Crippen LogP contribution in [0.4, 0.5) is 5.69 Å². The zero-order chi connectivity index (χ0) is 18.0. The van der Waals surface area contributed by atoms with Crippen molar-refractivity contribution in [3.8, 4) is 5.75 Å². The Balaban J connectivity index is 2.01. The number of hydrogen-bond acceptors (Lipinski definition) is 5. The van der Waals surface area contributed by atoms with Gasteiger partial charge in [-0.15, -0.1) is 0 Å². The van der Waals surface area contributed by atoms with Gasteiger partial charge in [-0.25, -0.2) is 0 Å². The van der Waals surface area contributed by atoms with Crippen LogP contribution in [0.1, 0.15) is 10.4 Å². The van der Waals surface area contributed by atoms with Gasteiger partial charge in [-0.1, -0.05) is 30.3 Å². The zero-order valence-electron chi connectivity index (χ0n) is 14.3. The highest BCUT2D eigenvalue weighted by molar-refractivity contribution is 6.19. The summed E-state index contributed by atoms with van der Waals surface area (Å²) in [6, 6.07) is 14.8. The lowest BCUT2D eigenvalue weighted by Gasteiger charge is -2.52. The average molecular weight is 341 g/mol. The van der Waals surface area contributed by atoms with E-state index < -0.39 is 17.7 Å². The summed E-state index contributed by atoms with van der Waals surface area (Å²) in [7, 11) is 4.28. The molecular weight excluding hydrogens is 322 g/mol. The maximum absolute atomic E-state index is 13.0. The minimum Gasteiger partial charge on any atom is -0.497 e. The molecule has 1 aliphatic heterocycles. The Morgan fingerprint density at radius 3 is 2.08 bits per heavy atom. The molecule has 0 aromatic heterocycles. The van der Waals surface area contributed by atoms with Crippen molar-refractivity contribution in [1.82, 2.24) is 0 Å². The van der Waals surface area contributed by atoms with E-state index in [0.717, 1.165) is 0 Å². The molecule has 0 spiro atoms. The predicted molar refractivity (Wildman–Crippen MR) is 91.8 cm³/mol. The lowest BCUT2D eigenvalue weighted by atomic mass is 9.85. The first kappa shape index (κ1) is 17.1. The van der Waals surface area contributed by atoms with E-state index in [1.165, 1.54) is 19.1 Å². The van der Waals surface area contributed by atoms with Gasteiger partial charge in [0.15, 0.2) is 11.8 Å². The number of hydrogen-bond donors (Lipinski definition) is 0. The summed E-state index contributed by atoms with van der Waals surface area (Å²) in [6.07, 6.45) is 0. The summed E-state index contributed by atoms with van der Waals surface area (Å²) < 4.78 is 15.8. The fraction of sp³-hybridized carbons (Fsp3) is 0.263. The number of amides is 1. The SMILES string of the molecule is COc1ccc(N2C(=O)C(OC)(OC)C2C(=O)c2ccccc2)cc1. The molecule has 1 aliphatic rings. The molecule has 6 nitrogen and oxygen atoms in total. The second-order valence-electron chi connectivity index (χ2n) is 5.58. The fourth-order valence-corrected chi connectivity index (χ4v) is 3.05. The normalized spacial score (nSPS) is 18.6. The van der Waals surface area contributed by atoms with Gasteiger partial charge in [0.25, 0.3) is 11.7 Å². The standard InChI is InChI=1S/C19H19NO5/c1-23-15-11-9-14(10-12-15)20-17(19(24-2,25-3)18(20)22)16(21)13-7-5-4-6-8-13/h4-12,17H,1-3H3. The Morgan fingerprint density at radius 1 is 0.960 bits per heavy atom. The van der Waals surface area contributed by atoms with Crippen LogP contribution in [0.2, 0.25) is 0 Å². The second-order valence-corrected chi connectivity index (χ2v) is 5.58. The summed E-state index contributed by atoms with van der Waals surface area (Å²) in [4.78, 5) is 27.2. The van der Waals surface area contributed by atoms with Crippen LogP contribution >= 0.6 is 0 Å². The third-order valence-electron chi connectivity index (χ3n) is 4.40. The van der Waals surface area contributed by atoms with E-state index in [2.05, 4.69) is 0 Å². The minimum absolute atomic E-state index is 0.250. The molecule has 0 bridgehead atoms. The van der Waals surface area contributed by atoms with Crippen LogP contribution < -0.4 is 9.64 Å². The molecule has 1 amide bonds. The summed E-state index contributed by atoms with van der Waals surface area (Å²) in [6.45, 7) is 0. The molecule has 1 unspecified atom stereocenters. The van der Waals surface area contributed by atoms with Gasteiger partial charge in [0.05, 0.1) is 7.11 Å². The van der Waals surface area contributed by atoms with E-state index in [-0.39, 0.29) is 5.78 Å². The van der Waals surface area contributed by atoms with E-state index in [9.17, 15) is 9.59 Å². The predicted octanol–water partition coefficient (Wildman–Crippen LogP) is 2.28. The van der Waals surface area contributed by atoms with Crippen LogP contribution in [0.15, 0.2) is 54.6 Å². The van der Waals surface area contributed by atoms with Crippen LogP contribution in [0.5, 0.6) is 5.75 Å². The highest BCUT2D eigenvalue weighted by Gasteiger charge is 2.66. The Hall–Kier alpha value is -2.70. The van der Waals surface area contributed by atoms with Crippen molar-refractivity contribution in [3.63, 3.8) is 0 Å². The van der Waals surface area contributed by atoms with E-state index in [1.54, 1.807) is 55.6 Å². The number of β-lactam (4-membered cyclic amide) rings is 1. The molecule has 2 aromatic carbocycles. The van der Waals surface area contributed by atoms with Crippen molar-refractivity contribution in [2.24, 2.45) is 0 Å². The second kappa shape index (κ2) is 6.66. The molecular formula is C19H19NO5. The van der Waals surface area contributed by atoms with Crippen LogP contribution in [0.25, 0.3) is 0 Å². The smallest absolute Gasteiger partial charge is 0.291 e. The molecule has 0 N–H and O–H groups in total. The van der Waals surface area contributed by atoms with Gasteiger partial charge in [0.2, 0.25) is 0 Å². The number of methoxy groups -OCH3 is 3. The number of ketones is 1. The third kappa shape index (κ3) is 2.59. The molecule has 130 valence electrons. The van der Waals surface area contributed by atoms with Crippen molar-refractivity contribution in [1.29, 1.82) is 0 Å². The fourth-order valence-electron chi connectivity index (χ4n) is 3.05. The van der Waals surface area contributed by atoms with Crippen LogP contribution in [0, 0.1) is 0 Å². The van der Waals surface area contributed by atoms with Gasteiger partial charge in [-0.2, -0.15) is 0 Å². The number of anilines is 1. The van der Waals surface area contributed by atoms with Gasteiger partial charge < -0.3 is 14.2 Å². The Bertz CT molecular complexity index is 768. The summed E-state index contributed by atoms with van der Waals surface area (Å²) >= 11 is 0. The molecule has 1 fully saturated rings. The number of carbonyl (C=O) groups excluding carboxylic acids is 2. The van der Waals surface area contributed by atoms with Crippen molar-refractivity contribution < 1.29 is 23.8 Å². The molecule has 0 radical (unpaired) electrons. The molecule has 0 aliphatic carbocycles. The zero-order valence-corrected chi connectivity index (χ0v) is 14.3. The first-order chi connectivity index (χ1) is 12.1. The molecule has 0 saturated carbocycles. The van der Waals surface area contributed by atoms with E-state index >= 15 is 0 Å². The molecule has 6 heteroatoms. The topological polar surface area (TPSA) is 65.1 Å². The highest BCUT2D eigenvalue weighted by atomic mass is 16.7. The quantitative estimate of drug-likeness (QED) is 0.458. The van der Waals surface area contributed by atoms with E-state index in [1.807, 2.05) is 6.07 Å². The Kier molecular flexibility index (Phi) is 4.57. The van der Waals surface area contributed by atoms with E-state index in [4.69, 9.17) is 14.2 Å². The van der Waals surface area contributed by atoms with Gasteiger partial charge in [0.1, 0.15) is 5.75 Å². The van der Waals surface area contributed by atoms with Gasteiger partial charge >= 0.3 is 0 Å². The molecule has 25 heavy (non-hydrogen) atoms. The molecule has 1 heterocycles. The van der Waals surface area contributed by atoms with Crippen LogP contribution in [0.3, 0.4) is 0 Å². The lowest BCUT2D eigenvalue weighted by Crippen LogP contribution is -2.78. The first-order valence-corrected chi connectivity index (χ1v) is 7.76. The highest BCUT2D eigenvalue weighted by Crippen LogP contribution is 2.40.